The highest BCUT2D eigenvalue weighted by molar-refractivity contribution is 7.07. The summed E-state index contributed by atoms with van der Waals surface area (Å²) in [6.07, 6.45) is 1.75. The lowest BCUT2D eigenvalue weighted by molar-refractivity contribution is -0.139. The lowest BCUT2D eigenvalue weighted by Crippen LogP contribution is -2.40. The van der Waals surface area contributed by atoms with Gasteiger partial charge in [0.05, 0.1) is 54.8 Å². The van der Waals surface area contributed by atoms with E-state index in [0.717, 1.165) is 5.56 Å². The first kappa shape index (κ1) is 26.9. The smallest absolute Gasteiger partial charge is 0.338 e. The maximum absolute atomic E-state index is 13.8. The van der Waals surface area contributed by atoms with Gasteiger partial charge in [-0.3, -0.25) is 9.36 Å². The predicted octanol–water partition coefficient (Wildman–Crippen LogP) is 2.99. The van der Waals surface area contributed by atoms with E-state index in [9.17, 15) is 14.4 Å². The maximum atomic E-state index is 13.8. The molecule has 2 aromatic carbocycles. The molecule has 1 aromatic heterocycles. The summed E-state index contributed by atoms with van der Waals surface area (Å²) in [6, 6.07) is 11.2. The summed E-state index contributed by atoms with van der Waals surface area (Å²) in [5, 5.41) is 0. The van der Waals surface area contributed by atoms with Crippen molar-refractivity contribution < 1.29 is 28.5 Å². The van der Waals surface area contributed by atoms with Crippen molar-refractivity contribution in [2.24, 2.45) is 4.99 Å². The Morgan fingerprint density at radius 3 is 2.39 bits per heavy atom. The average Bonchev–Trinajstić information content (AvgIpc) is 3.22. The topological polar surface area (TPSA) is 105 Å². The second kappa shape index (κ2) is 11.5. The minimum atomic E-state index is -0.783. The Labute approximate surface area is 223 Å². The van der Waals surface area contributed by atoms with Crippen LogP contribution in [0.5, 0.6) is 11.5 Å². The molecule has 1 aliphatic rings. The minimum Gasteiger partial charge on any atom is -0.493 e. The third-order valence-electron chi connectivity index (χ3n) is 5.95. The monoisotopic (exact) mass is 536 g/mol. The van der Waals surface area contributed by atoms with Gasteiger partial charge in [-0.1, -0.05) is 29.5 Å². The Hall–Kier alpha value is -4.18. The number of esters is 2. The quantitative estimate of drug-likeness (QED) is 0.408. The molecule has 3 aromatic rings. The Morgan fingerprint density at radius 2 is 1.76 bits per heavy atom. The zero-order valence-electron chi connectivity index (χ0n) is 21.8. The molecule has 0 aliphatic carbocycles. The molecule has 0 bridgehead atoms. The number of carbonyl (C=O) groups is 2. The van der Waals surface area contributed by atoms with Crippen LogP contribution in [0.25, 0.3) is 6.08 Å². The summed E-state index contributed by atoms with van der Waals surface area (Å²) in [5.41, 5.74) is 2.14. The van der Waals surface area contributed by atoms with E-state index < -0.39 is 18.0 Å². The van der Waals surface area contributed by atoms with Gasteiger partial charge in [-0.2, -0.15) is 0 Å². The SMILES string of the molecule is CCOC(=O)C1=C(C)N=c2sc(=Cc3ccc(OCC)c(OC)c3)c(=O)n2C1c1ccc(C(=O)OC)cc1. The predicted molar refractivity (Wildman–Crippen MR) is 142 cm³/mol. The van der Waals surface area contributed by atoms with Crippen molar-refractivity contribution in [2.75, 3.05) is 27.4 Å². The zero-order chi connectivity index (χ0) is 27.4. The number of aromatic nitrogens is 1. The molecule has 0 spiro atoms. The highest BCUT2D eigenvalue weighted by Crippen LogP contribution is 2.31. The largest absolute Gasteiger partial charge is 0.493 e. The van der Waals surface area contributed by atoms with Crippen LogP contribution in [-0.2, 0) is 14.3 Å². The van der Waals surface area contributed by atoms with E-state index in [0.29, 0.717) is 44.3 Å². The van der Waals surface area contributed by atoms with E-state index in [1.165, 1.54) is 23.0 Å². The van der Waals surface area contributed by atoms with Crippen LogP contribution in [0.2, 0.25) is 0 Å². The van der Waals surface area contributed by atoms with E-state index in [2.05, 4.69) is 4.99 Å². The molecule has 0 saturated heterocycles. The van der Waals surface area contributed by atoms with Gasteiger partial charge in [0.15, 0.2) is 16.3 Å². The van der Waals surface area contributed by atoms with E-state index in [4.69, 9.17) is 18.9 Å². The number of benzene rings is 2. The summed E-state index contributed by atoms with van der Waals surface area (Å²) in [5.74, 6) is 0.126. The lowest BCUT2D eigenvalue weighted by atomic mass is 9.95. The zero-order valence-corrected chi connectivity index (χ0v) is 22.6. The highest BCUT2D eigenvalue weighted by Gasteiger charge is 2.33. The number of ether oxygens (including phenoxy) is 4. The molecular formula is C28H28N2O7S. The molecule has 0 amide bonds. The summed E-state index contributed by atoms with van der Waals surface area (Å²) in [7, 11) is 2.86. The van der Waals surface area contributed by atoms with Gasteiger partial charge in [-0.05, 0) is 62.2 Å². The van der Waals surface area contributed by atoms with Crippen LogP contribution in [0.15, 0.2) is 63.5 Å². The van der Waals surface area contributed by atoms with Crippen LogP contribution in [-0.4, -0.2) is 43.9 Å². The number of nitrogens with zero attached hydrogens (tertiary/aromatic N) is 2. The number of hydrogen-bond donors (Lipinski definition) is 0. The summed E-state index contributed by atoms with van der Waals surface area (Å²) < 4.78 is 23.1. The Morgan fingerprint density at radius 1 is 1.03 bits per heavy atom. The first-order chi connectivity index (χ1) is 18.3. The molecule has 9 nitrogen and oxygen atoms in total. The van der Waals surface area contributed by atoms with Crippen molar-refractivity contribution in [3.63, 3.8) is 0 Å². The van der Waals surface area contributed by atoms with Crippen LogP contribution >= 0.6 is 11.3 Å². The molecule has 1 atom stereocenters. The molecule has 198 valence electrons. The van der Waals surface area contributed by atoms with Gasteiger partial charge < -0.3 is 18.9 Å². The molecular weight excluding hydrogens is 508 g/mol. The van der Waals surface area contributed by atoms with Crippen molar-refractivity contribution in [3.8, 4) is 11.5 Å². The van der Waals surface area contributed by atoms with Crippen molar-refractivity contribution in [1.29, 1.82) is 0 Å². The van der Waals surface area contributed by atoms with Crippen molar-refractivity contribution in [2.45, 2.75) is 26.8 Å². The Kier molecular flexibility index (Phi) is 8.11. The third kappa shape index (κ3) is 5.12. The first-order valence-corrected chi connectivity index (χ1v) is 12.8. The van der Waals surface area contributed by atoms with Crippen molar-refractivity contribution in [3.05, 3.63) is 90.1 Å². The summed E-state index contributed by atoms with van der Waals surface area (Å²) in [6.45, 7) is 6.00. The van der Waals surface area contributed by atoms with Crippen LogP contribution in [0.4, 0.5) is 0 Å². The number of fused-ring (bicyclic) bond motifs is 1. The molecule has 10 heteroatoms. The fourth-order valence-corrected chi connectivity index (χ4v) is 5.27. The van der Waals surface area contributed by atoms with E-state index in [-0.39, 0.29) is 17.7 Å². The van der Waals surface area contributed by atoms with Gasteiger partial charge in [0.25, 0.3) is 5.56 Å². The molecule has 0 N–H and O–H groups in total. The molecule has 38 heavy (non-hydrogen) atoms. The normalized spacial score (nSPS) is 15.0. The molecule has 4 rings (SSSR count). The lowest BCUT2D eigenvalue weighted by Gasteiger charge is -2.24. The number of allylic oxidation sites excluding steroid dienone is 1. The van der Waals surface area contributed by atoms with Gasteiger partial charge >= 0.3 is 11.9 Å². The number of thiazole rings is 1. The molecule has 0 fully saturated rings. The molecule has 0 radical (unpaired) electrons. The second-order valence-electron chi connectivity index (χ2n) is 8.26. The number of hydrogen-bond acceptors (Lipinski definition) is 9. The number of rotatable bonds is 8. The van der Waals surface area contributed by atoms with Gasteiger partial charge in [0.2, 0.25) is 0 Å². The fourth-order valence-electron chi connectivity index (χ4n) is 4.23. The van der Waals surface area contributed by atoms with Gasteiger partial charge in [0, 0.05) is 0 Å². The van der Waals surface area contributed by atoms with Crippen LogP contribution in [0.1, 0.15) is 48.3 Å². The van der Waals surface area contributed by atoms with E-state index in [1.807, 2.05) is 13.0 Å². The highest BCUT2D eigenvalue weighted by atomic mass is 32.1. The van der Waals surface area contributed by atoms with Crippen LogP contribution < -0.4 is 24.4 Å². The minimum absolute atomic E-state index is 0.174. The summed E-state index contributed by atoms with van der Waals surface area (Å²) >= 11 is 1.22. The first-order valence-electron chi connectivity index (χ1n) is 12.0. The van der Waals surface area contributed by atoms with Crippen molar-refractivity contribution >= 4 is 29.4 Å². The Balaban J connectivity index is 1.88. The van der Waals surface area contributed by atoms with Crippen LogP contribution in [0, 0.1) is 0 Å². The van der Waals surface area contributed by atoms with Crippen LogP contribution in [0.3, 0.4) is 0 Å². The number of carbonyl (C=O) groups excluding carboxylic acids is 2. The van der Waals surface area contributed by atoms with Gasteiger partial charge in [0.1, 0.15) is 0 Å². The summed E-state index contributed by atoms with van der Waals surface area (Å²) in [4.78, 5) is 43.8. The van der Waals surface area contributed by atoms with E-state index in [1.54, 1.807) is 63.4 Å². The standard InChI is InChI=1S/C28H28N2O7S/c1-6-36-20-13-8-17(14-21(20)34-4)15-22-25(31)30-24(18-9-11-19(12-10-18)26(32)35-5)23(27(33)37-7-2)16(3)29-28(30)38-22/h8-15,24H,6-7H2,1-5H3. The maximum Gasteiger partial charge on any atom is 0.338 e. The van der Waals surface area contributed by atoms with E-state index >= 15 is 0 Å². The van der Waals surface area contributed by atoms with Gasteiger partial charge in [-0.25, -0.2) is 14.6 Å². The van der Waals surface area contributed by atoms with Crippen molar-refractivity contribution in [1.82, 2.24) is 4.57 Å². The third-order valence-corrected chi connectivity index (χ3v) is 6.93. The molecule has 1 unspecified atom stereocenters. The van der Waals surface area contributed by atoms with Gasteiger partial charge in [-0.15, -0.1) is 0 Å². The second-order valence-corrected chi connectivity index (χ2v) is 9.27. The Bertz CT molecular complexity index is 1580. The molecule has 2 heterocycles. The molecule has 1 aliphatic heterocycles. The fraction of sp³-hybridized carbons (Fsp3) is 0.286. The average molecular weight is 537 g/mol. The number of methoxy groups -OCH3 is 2. The molecule has 0 saturated carbocycles.